The minimum Gasteiger partial charge on any atom is -0.484 e. The zero-order valence-electron chi connectivity index (χ0n) is 13.5. The lowest BCUT2D eigenvalue weighted by atomic mass is 10.3. The Hall–Kier alpha value is -2.16. The molecule has 0 atom stereocenters. The number of sulfonamides is 1. The molecule has 0 radical (unpaired) electrons. The van der Waals surface area contributed by atoms with Gasteiger partial charge in [-0.15, -0.1) is 0 Å². The molecule has 0 fully saturated rings. The maximum atomic E-state index is 13.1. The molecule has 1 N–H and O–H groups in total. The lowest BCUT2D eigenvalue weighted by Gasteiger charge is -2.14. The number of carbonyl (C=O) groups is 1. The predicted molar refractivity (Wildman–Crippen MR) is 92.8 cm³/mol. The number of nitrogens with one attached hydrogen (secondary N) is 1. The van der Waals surface area contributed by atoms with Gasteiger partial charge in [-0.25, -0.2) is 17.1 Å². The number of benzene rings is 2. The molecule has 0 heterocycles. The summed E-state index contributed by atoms with van der Waals surface area (Å²) in [7, 11) is -0.866. The van der Waals surface area contributed by atoms with Crippen LogP contribution in [0, 0.1) is 5.82 Å². The molecule has 2 aromatic rings. The van der Waals surface area contributed by atoms with Gasteiger partial charge in [0.2, 0.25) is 10.0 Å². The lowest BCUT2D eigenvalue weighted by molar-refractivity contribution is -0.118. The molecule has 0 saturated carbocycles. The Morgan fingerprint density at radius 1 is 1.24 bits per heavy atom. The van der Waals surface area contributed by atoms with Crippen molar-refractivity contribution in [3.63, 3.8) is 0 Å². The highest BCUT2D eigenvalue weighted by Gasteiger charge is 2.19. The van der Waals surface area contributed by atoms with E-state index in [2.05, 4.69) is 5.32 Å². The normalized spacial score (nSPS) is 11.4. The number of amides is 1. The standard InChI is InChI=1S/C16H16ClFN2O4S/c1-20(2)25(22,23)13-6-7-14(17)15(9-13)19-16(21)10-24-12-5-3-4-11(18)8-12/h3-9H,10H2,1-2H3,(H,19,21). The van der Waals surface area contributed by atoms with Gasteiger partial charge in [0.05, 0.1) is 15.6 Å². The van der Waals surface area contributed by atoms with Crippen LogP contribution in [0.5, 0.6) is 5.75 Å². The molecule has 2 aromatic carbocycles. The van der Waals surface area contributed by atoms with E-state index in [0.717, 1.165) is 10.4 Å². The van der Waals surface area contributed by atoms with E-state index >= 15 is 0 Å². The molecule has 25 heavy (non-hydrogen) atoms. The van der Waals surface area contributed by atoms with E-state index in [1.807, 2.05) is 0 Å². The van der Waals surface area contributed by atoms with Crippen LogP contribution in [0.1, 0.15) is 0 Å². The molecule has 0 aliphatic carbocycles. The second-order valence-electron chi connectivity index (χ2n) is 5.22. The van der Waals surface area contributed by atoms with Crippen LogP contribution in [0.25, 0.3) is 0 Å². The van der Waals surface area contributed by atoms with Crippen LogP contribution in [0.3, 0.4) is 0 Å². The van der Waals surface area contributed by atoms with E-state index in [4.69, 9.17) is 16.3 Å². The maximum Gasteiger partial charge on any atom is 0.262 e. The van der Waals surface area contributed by atoms with E-state index in [1.165, 1.54) is 50.5 Å². The van der Waals surface area contributed by atoms with Crippen LogP contribution in [0.2, 0.25) is 5.02 Å². The summed E-state index contributed by atoms with van der Waals surface area (Å²) >= 11 is 5.99. The Morgan fingerprint density at radius 2 is 1.96 bits per heavy atom. The highest BCUT2D eigenvalue weighted by Crippen LogP contribution is 2.26. The fourth-order valence-corrected chi connectivity index (χ4v) is 2.96. The van der Waals surface area contributed by atoms with Crippen molar-refractivity contribution in [3.05, 3.63) is 53.3 Å². The third-order valence-electron chi connectivity index (χ3n) is 3.16. The molecule has 0 aromatic heterocycles. The molecule has 0 bridgehead atoms. The van der Waals surface area contributed by atoms with Gasteiger partial charge >= 0.3 is 0 Å². The topological polar surface area (TPSA) is 75.7 Å². The average molecular weight is 387 g/mol. The van der Waals surface area contributed by atoms with E-state index in [0.29, 0.717) is 0 Å². The van der Waals surface area contributed by atoms with Gasteiger partial charge < -0.3 is 10.1 Å². The molecule has 134 valence electrons. The molecule has 1 amide bonds. The summed E-state index contributed by atoms with van der Waals surface area (Å²) in [6, 6.07) is 9.34. The molecular formula is C16H16ClFN2O4S. The molecule has 2 rings (SSSR count). The van der Waals surface area contributed by atoms with Crippen molar-refractivity contribution in [3.8, 4) is 5.75 Å². The Morgan fingerprint density at radius 3 is 2.60 bits per heavy atom. The fraction of sp³-hybridized carbons (Fsp3) is 0.188. The monoisotopic (exact) mass is 386 g/mol. The quantitative estimate of drug-likeness (QED) is 0.828. The van der Waals surface area contributed by atoms with E-state index in [-0.39, 0.29) is 28.0 Å². The van der Waals surface area contributed by atoms with Crippen molar-refractivity contribution < 1.29 is 22.3 Å². The largest absolute Gasteiger partial charge is 0.484 e. The first kappa shape index (κ1) is 19.2. The molecule has 0 unspecified atom stereocenters. The SMILES string of the molecule is CN(C)S(=O)(=O)c1ccc(Cl)c(NC(=O)COc2cccc(F)c2)c1. The number of halogens is 2. The highest BCUT2D eigenvalue weighted by atomic mass is 35.5. The number of carbonyl (C=O) groups excluding carboxylic acids is 1. The summed E-state index contributed by atoms with van der Waals surface area (Å²) in [5, 5.41) is 2.65. The Labute approximate surface area is 150 Å². The van der Waals surface area contributed by atoms with E-state index in [1.54, 1.807) is 0 Å². The number of ether oxygens (including phenoxy) is 1. The number of nitrogens with zero attached hydrogens (tertiary/aromatic N) is 1. The number of rotatable bonds is 6. The van der Waals surface area contributed by atoms with Crippen molar-refractivity contribution in [1.29, 1.82) is 0 Å². The van der Waals surface area contributed by atoms with Gasteiger partial charge in [0, 0.05) is 20.2 Å². The summed E-state index contributed by atoms with van der Waals surface area (Å²) < 4.78 is 43.5. The van der Waals surface area contributed by atoms with Gasteiger partial charge in [0.15, 0.2) is 6.61 Å². The minimum atomic E-state index is -3.66. The molecular weight excluding hydrogens is 371 g/mol. The molecule has 0 saturated heterocycles. The third-order valence-corrected chi connectivity index (χ3v) is 5.30. The van der Waals surface area contributed by atoms with Crippen LogP contribution in [-0.2, 0) is 14.8 Å². The lowest BCUT2D eigenvalue weighted by Crippen LogP contribution is -2.23. The van der Waals surface area contributed by atoms with Gasteiger partial charge in [-0.05, 0) is 30.3 Å². The first-order chi connectivity index (χ1) is 11.7. The Kier molecular flexibility index (Phi) is 5.99. The maximum absolute atomic E-state index is 13.1. The molecule has 6 nitrogen and oxygen atoms in total. The minimum absolute atomic E-state index is 0.0109. The van der Waals surface area contributed by atoms with Crippen LogP contribution in [0.15, 0.2) is 47.4 Å². The second-order valence-corrected chi connectivity index (χ2v) is 7.78. The van der Waals surface area contributed by atoms with Crippen molar-refractivity contribution in [2.45, 2.75) is 4.90 Å². The van der Waals surface area contributed by atoms with Gasteiger partial charge in [-0.3, -0.25) is 4.79 Å². The van der Waals surface area contributed by atoms with Crippen LogP contribution in [0.4, 0.5) is 10.1 Å². The summed E-state index contributed by atoms with van der Waals surface area (Å²) in [6.45, 7) is -0.384. The Balaban J connectivity index is 2.10. The van der Waals surface area contributed by atoms with Crippen molar-refractivity contribution in [2.75, 3.05) is 26.0 Å². The summed E-state index contributed by atoms with van der Waals surface area (Å²) in [5.74, 6) is -0.849. The summed E-state index contributed by atoms with van der Waals surface area (Å²) in [5.41, 5.74) is 0.137. The van der Waals surface area contributed by atoms with Crippen molar-refractivity contribution >= 4 is 33.2 Å². The smallest absolute Gasteiger partial charge is 0.262 e. The van der Waals surface area contributed by atoms with Gasteiger partial charge in [-0.2, -0.15) is 0 Å². The molecule has 0 spiro atoms. The summed E-state index contributed by atoms with van der Waals surface area (Å²) in [6.07, 6.45) is 0. The van der Waals surface area contributed by atoms with E-state index < -0.39 is 21.7 Å². The number of hydrogen-bond donors (Lipinski definition) is 1. The third kappa shape index (κ3) is 4.91. The Bertz CT molecular complexity index is 887. The van der Waals surface area contributed by atoms with Crippen LogP contribution >= 0.6 is 11.6 Å². The molecule has 9 heteroatoms. The first-order valence-electron chi connectivity index (χ1n) is 7.10. The zero-order valence-corrected chi connectivity index (χ0v) is 15.1. The fourth-order valence-electron chi connectivity index (χ4n) is 1.86. The van der Waals surface area contributed by atoms with Gasteiger partial charge in [0.1, 0.15) is 11.6 Å². The first-order valence-corrected chi connectivity index (χ1v) is 8.92. The average Bonchev–Trinajstić information content (AvgIpc) is 2.55. The van der Waals surface area contributed by atoms with E-state index in [9.17, 15) is 17.6 Å². The number of anilines is 1. The predicted octanol–water partition coefficient (Wildman–Crippen LogP) is 2.75. The van der Waals surface area contributed by atoms with Gasteiger partial charge in [-0.1, -0.05) is 17.7 Å². The van der Waals surface area contributed by atoms with Crippen LogP contribution < -0.4 is 10.1 Å². The molecule has 0 aliphatic heterocycles. The highest BCUT2D eigenvalue weighted by molar-refractivity contribution is 7.89. The zero-order chi connectivity index (χ0) is 18.6. The van der Waals surface area contributed by atoms with Gasteiger partial charge in [0.25, 0.3) is 5.91 Å². The van der Waals surface area contributed by atoms with Crippen molar-refractivity contribution in [1.82, 2.24) is 4.31 Å². The number of hydrogen-bond acceptors (Lipinski definition) is 4. The van der Waals surface area contributed by atoms with Crippen molar-refractivity contribution in [2.24, 2.45) is 0 Å². The molecule has 0 aliphatic rings. The van der Waals surface area contributed by atoms with Crippen LogP contribution in [-0.4, -0.2) is 39.3 Å². The summed E-state index contributed by atoms with van der Waals surface area (Å²) in [4.78, 5) is 12.0. The second kappa shape index (κ2) is 7.81.